The summed E-state index contributed by atoms with van der Waals surface area (Å²) in [6, 6.07) is 1.78. The highest BCUT2D eigenvalue weighted by atomic mass is 35.5. The molecule has 0 saturated carbocycles. The first-order chi connectivity index (χ1) is 7.72. The van der Waals surface area contributed by atoms with Crippen molar-refractivity contribution in [3.63, 3.8) is 0 Å². The SMILES string of the molecule is CCN(CCCO)c1cc(CO)c(Cl)cn1. The molecule has 4 nitrogen and oxygen atoms in total. The van der Waals surface area contributed by atoms with Crippen molar-refractivity contribution in [2.24, 2.45) is 0 Å². The number of hydrogen-bond donors (Lipinski definition) is 2. The Hall–Kier alpha value is -0.840. The molecule has 1 heterocycles. The van der Waals surface area contributed by atoms with Gasteiger partial charge in [-0.15, -0.1) is 0 Å². The van der Waals surface area contributed by atoms with Crippen molar-refractivity contribution in [3.05, 3.63) is 22.8 Å². The minimum absolute atomic E-state index is 0.0914. The van der Waals surface area contributed by atoms with Crippen molar-refractivity contribution in [3.8, 4) is 0 Å². The smallest absolute Gasteiger partial charge is 0.128 e. The minimum Gasteiger partial charge on any atom is -0.396 e. The van der Waals surface area contributed by atoms with Crippen LogP contribution in [0, 0.1) is 0 Å². The van der Waals surface area contributed by atoms with E-state index in [-0.39, 0.29) is 13.2 Å². The van der Waals surface area contributed by atoms with Gasteiger partial charge in [-0.1, -0.05) is 11.6 Å². The molecule has 0 aliphatic heterocycles. The van der Waals surface area contributed by atoms with Crippen LogP contribution in [0.15, 0.2) is 12.3 Å². The fraction of sp³-hybridized carbons (Fsp3) is 0.545. The minimum atomic E-state index is -0.0914. The molecule has 16 heavy (non-hydrogen) atoms. The molecule has 1 aromatic rings. The van der Waals surface area contributed by atoms with Crippen LogP contribution in [0.3, 0.4) is 0 Å². The molecule has 0 saturated heterocycles. The van der Waals surface area contributed by atoms with E-state index in [1.807, 2.05) is 11.8 Å². The zero-order chi connectivity index (χ0) is 12.0. The maximum absolute atomic E-state index is 9.10. The number of aliphatic hydroxyl groups is 2. The molecule has 0 atom stereocenters. The van der Waals surface area contributed by atoms with Crippen LogP contribution in [-0.2, 0) is 6.61 Å². The fourth-order valence-corrected chi connectivity index (χ4v) is 1.62. The molecule has 0 fully saturated rings. The molecular weight excluding hydrogens is 228 g/mol. The zero-order valence-electron chi connectivity index (χ0n) is 9.36. The number of anilines is 1. The van der Waals surface area contributed by atoms with Crippen LogP contribution in [0.25, 0.3) is 0 Å². The molecule has 2 N–H and O–H groups in total. The lowest BCUT2D eigenvalue weighted by atomic mass is 10.2. The molecule has 90 valence electrons. The highest BCUT2D eigenvalue weighted by Gasteiger charge is 2.08. The third-order valence-electron chi connectivity index (χ3n) is 2.38. The number of aromatic nitrogens is 1. The molecule has 0 bridgehead atoms. The van der Waals surface area contributed by atoms with E-state index in [2.05, 4.69) is 4.98 Å². The van der Waals surface area contributed by atoms with Crippen molar-refractivity contribution < 1.29 is 10.2 Å². The summed E-state index contributed by atoms with van der Waals surface area (Å²) in [5.41, 5.74) is 0.675. The lowest BCUT2D eigenvalue weighted by Gasteiger charge is -2.22. The van der Waals surface area contributed by atoms with Crippen molar-refractivity contribution in [2.45, 2.75) is 20.0 Å². The second-order valence-corrected chi connectivity index (χ2v) is 3.86. The third-order valence-corrected chi connectivity index (χ3v) is 2.72. The van der Waals surface area contributed by atoms with Gasteiger partial charge >= 0.3 is 0 Å². The van der Waals surface area contributed by atoms with Gasteiger partial charge in [-0.05, 0) is 19.4 Å². The summed E-state index contributed by atoms with van der Waals surface area (Å²) in [7, 11) is 0. The van der Waals surface area contributed by atoms with E-state index in [1.165, 1.54) is 0 Å². The summed E-state index contributed by atoms with van der Waals surface area (Å²) in [5.74, 6) is 0.782. The van der Waals surface area contributed by atoms with Crippen LogP contribution in [-0.4, -0.2) is 34.9 Å². The number of rotatable bonds is 6. The average Bonchev–Trinajstić information content (AvgIpc) is 2.32. The van der Waals surface area contributed by atoms with Gasteiger partial charge in [0.2, 0.25) is 0 Å². The monoisotopic (exact) mass is 244 g/mol. The van der Waals surface area contributed by atoms with Gasteiger partial charge in [0, 0.05) is 31.5 Å². The Morgan fingerprint density at radius 2 is 2.19 bits per heavy atom. The van der Waals surface area contributed by atoms with Crippen LogP contribution in [0.1, 0.15) is 18.9 Å². The average molecular weight is 245 g/mol. The Balaban J connectivity index is 2.83. The first-order valence-electron chi connectivity index (χ1n) is 5.34. The van der Waals surface area contributed by atoms with E-state index in [0.717, 1.165) is 18.9 Å². The van der Waals surface area contributed by atoms with Gasteiger partial charge < -0.3 is 15.1 Å². The summed E-state index contributed by atoms with van der Waals surface area (Å²) in [6.07, 6.45) is 2.25. The van der Waals surface area contributed by atoms with E-state index >= 15 is 0 Å². The van der Waals surface area contributed by atoms with Gasteiger partial charge in [-0.25, -0.2) is 4.98 Å². The Morgan fingerprint density at radius 1 is 1.44 bits per heavy atom. The van der Waals surface area contributed by atoms with Gasteiger partial charge in [0.05, 0.1) is 11.6 Å². The van der Waals surface area contributed by atoms with E-state index in [1.54, 1.807) is 12.3 Å². The Bertz CT molecular complexity index is 334. The van der Waals surface area contributed by atoms with Crippen LogP contribution in [0.4, 0.5) is 5.82 Å². The molecule has 0 amide bonds. The second kappa shape index (κ2) is 6.68. The number of hydrogen-bond acceptors (Lipinski definition) is 4. The largest absolute Gasteiger partial charge is 0.396 e. The molecule has 0 aromatic carbocycles. The third kappa shape index (κ3) is 3.33. The Labute approximate surface area is 100 Å². The quantitative estimate of drug-likeness (QED) is 0.795. The van der Waals surface area contributed by atoms with Crippen molar-refractivity contribution >= 4 is 17.4 Å². The van der Waals surface area contributed by atoms with Crippen LogP contribution >= 0.6 is 11.6 Å². The molecule has 0 aliphatic rings. The fourth-order valence-electron chi connectivity index (χ4n) is 1.46. The predicted octanol–water partition coefficient (Wildman–Crippen LogP) is 1.44. The van der Waals surface area contributed by atoms with Gasteiger partial charge in [-0.2, -0.15) is 0 Å². The maximum Gasteiger partial charge on any atom is 0.128 e. The van der Waals surface area contributed by atoms with Crippen molar-refractivity contribution in [1.82, 2.24) is 4.98 Å². The summed E-state index contributed by atoms with van der Waals surface area (Å²) in [5, 5.41) is 18.4. The van der Waals surface area contributed by atoms with Gasteiger partial charge in [0.25, 0.3) is 0 Å². The highest BCUT2D eigenvalue weighted by molar-refractivity contribution is 6.31. The van der Waals surface area contributed by atoms with Crippen molar-refractivity contribution in [1.29, 1.82) is 0 Å². The topological polar surface area (TPSA) is 56.6 Å². The lowest BCUT2D eigenvalue weighted by molar-refractivity contribution is 0.281. The summed E-state index contributed by atoms with van der Waals surface area (Å²) >= 11 is 5.87. The number of aliphatic hydroxyl groups excluding tert-OH is 2. The van der Waals surface area contributed by atoms with Gasteiger partial charge in [-0.3, -0.25) is 0 Å². The summed E-state index contributed by atoms with van der Waals surface area (Å²) < 4.78 is 0. The molecule has 0 unspecified atom stereocenters. The molecule has 0 aliphatic carbocycles. The normalized spacial score (nSPS) is 10.5. The molecule has 0 radical (unpaired) electrons. The summed E-state index contributed by atoms with van der Waals surface area (Å²) in [4.78, 5) is 6.25. The molecule has 1 aromatic heterocycles. The van der Waals surface area contributed by atoms with Gasteiger partial charge in [0.15, 0.2) is 0 Å². The van der Waals surface area contributed by atoms with E-state index in [0.29, 0.717) is 17.0 Å². The standard InChI is InChI=1S/C11H17ClN2O2/c1-2-14(4-3-5-15)11-6-9(8-16)10(12)7-13-11/h6-7,15-16H,2-5,8H2,1H3. The van der Waals surface area contributed by atoms with Crippen LogP contribution in [0.5, 0.6) is 0 Å². The molecule has 1 rings (SSSR count). The lowest BCUT2D eigenvalue weighted by Crippen LogP contribution is -2.25. The van der Waals surface area contributed by atoms with E-state index < -0.39 is 0 Å². The zero-order valence-corrected chi connectivity index (χ0v) is 10.1. The molecule has 0 spiro atoms. The predicted molar refractivity (Wildman–Crippen MR) is 64.8 cm³/mol. The van der Waals surface area contributed by atoms with E-state index in [4.69, 9.17) is 21.8 Å². The first-order valence-corrected chi connectivity index (χ1v) is 5.71. The second-order valence-electron chi connectivity index (χ2n) is 3.45. The number of halogens is 1. The number of pyridine rings is 1. The Kier molecular flexibility index (Phi) is 5.52. The van der Waals surface area contributed by atoms with Crippen molar-refractivity contribution in [2.75, 3.05) is 24.6 Å². The van der Waals surface area contributed by atoms with E-state index in [9.17, 15) is 0 Å². The summed E-state index contributed by atoms with van der Waals surface area (Å²) in [6.45, 7) is 3.64. The van der Waals surface area contributed by atoms with Gasteiger partial charge in [0.1, 0.15) is 5.82 Å². The highest BCUT2D eigenvalue weighted by Crippen LogP contribution is 2.20. The number of nitrogens with zero attached hydrogens (tertiary/aromatic N) is 2. The van der Waals surface area contributed by atoms with Crippen LogP contribution in [0.2, 0.25) is 5.02 Å². The Morgan fingerprint density at radius 3 is 2.75 bits per heavy atom. The van der Waals surface area contributed by atoms with Crippen LogP contribution < -0.4 is 4.90 Å². The molecular formula is C11H17ClN2O2. The maximum atomic E-state index is 9.10. The molecule has 5 heteroatoms. The first kappa shape index (κ1) is 13.2.